The normalized spacial score (nSPS) is 15.1. The molecule has 0 atom stereocenters. The number of aryl methyl sites for hydroxylation is 1. The highest BCUT2D eigenvalue weighted by atomic mass is 16.5. The highest BCUT2D eigenvalue weighted by Crippen LogP contribution is 2.23. The van der Waals surface area contributed by atoms with Gasteiger partial charge in [0, 0.05) is 36.9 Å². The summed E-state index contributed by atoms with van der Waals surface area (Å²) in [5, 5.41) is 3.43. The maximum Gasteiger partial charge on any atom is 0.213 e. The summed E-state index contributed by atoms with van der Waals surface area (Å²) in [5.74, 6) is 0.743. The van der Waals surface area contributed by atoms with Crippen molar-refractivity contribution in [2.75, 3.05) is 5.32 Å². The van der Waals surface area contributed by atoms with Crippen molar-refractivity contribution in [1.82, 2.24) is 9.97 Å². The van der Waals surface area contributed by atoms with Gasteiger partial charge in [-0.15, -0.1) is 0 Å². The van der Waals surface area contributed by atoms with Crippen LogP contribution in [-0.2, 0) is 6.54 Å². The highest BCUT2D eigenvalue weighted by Gasteiger charge is 2.16. The Morgan fingerprint density at radius 1 is 1.24 bits per heavy atom. The van der Waals surface area contributed by atoms with E-state index in [1.807, 2.05) is 30.6 Å². The van der Waals surface area contributed by atoms with E-state index in [1.54, 1.807) is 6.20 Å². The number of hydrogen-bond acceptors (Lipinski definition) is 4. The first-order valence-corrected chi connectivity index (χ1v) is 7.57. The Bertz CT molecular complexity index is 594. The van der Waals surface area contributed by atoms with Gasteiger partial charge in [0.2, 0.25) is 5.88 Å². The van der Waals surface area contributed by atoms with Crippen LogP contribution in [0.2, 0.25) is 0 Å². The van der Waals surface area contributed by atoms with Crippen LogP contribution in [0.1, 0.15) is 36.8 Å². The van der Waals surface area contributed by atoms with E-state index in [9.17, 15) is 0 Å². The molecule has 1 saturated carbocycles. The fourth-order valence-corrected chi connectivity index (χ4v) is 2.67. The van der Waals surface area contributed by atoms with Crippen LogP contribution < -0.4 is 10.1 Å². The minimum absolute atomic E-state index is 0.350. The minimum Gasteiger partial charge on any atom is -0.474 e. The van der Waals surface area contributed by atoms with Gasteiger partial charge in [-0.1, -0.05) is 0 Å². The average Bonchev–Trinajstić information content (AvgIpc) is 3.00. The molecule has 3 rings (SSSR count). The zero-order valence-corrected chi connectivity index (χ0v) is 12.4. The van der Waals surface area contributed by atoms with Gasteiger partial charge < -0.3 is 10.1 Å². The Balaban J connectivity index is 1.61. The summed E-state index contributed by atoms with van der Waals surface area (Å²) in [6, 6.07) is 6.04. The lowest BCUT2D eigenvalue weighted by Gasteiger charge is -2.13. The van der Waals surface area contributed by atoms with Crippen LogP contribution >= 0.6 is 0 Å². The fourth-order valence-electron chi connectivity index (χ4n) is 2.67. The summed E-state index contributed by atoms with van der Waals surface area (Å²) < 4.78 is 5.94. The third-order valence-electron chi connectivity index (χ3n) is 3.89. The molecule has 4 heteroatoms. The number of ether oxygens (including phenoxy) is 1. The molecule has 2 aromatic heterocycles. The molecule has 0 amide bonds. The smallest absolute Gasteiger partial charge is 0.213 e. The minimum atomic E-state index is 0.350. The lowest BCUT2D eigenvalue weighted by Crippen LogP contribution is -2.12. The van der Waals surface area contributed by atoms with Gasteiger partial charge in [0.15, 0.2) is 0 Å². The summed E-state index contributed by atoms with van der Waals surface area (Å²) in [7, 11) is 0. The van der Waals surface area contributed by atoms with Crippen LogP contribution in [0.4, 0.5) is 5.69 Å². The second kappa shape index (κ2) is 6.57. The van der Waals surface area contributed by atoms with Crippen molar-refractivity contribution in [2.45, 2.75) is 45.3 Å². The first-order chi connectivity index (χ1) is 10.3. The molecular formula is C17H21N3O. The average molecular weight is 283 g/mol. The van der Waals surface area contributed by atoms with Crippen LogP contribution in [0.5, 0.6) is 5.88 Å². The van der Waals surface area contributed by atoms with E-state index in [0.717, 1.165) is 36.5 Å². The predicted molar refractivity (Wildman–Crippen MR) is 83.4 cm³/mol. The summed E-state index contributed by atoms with van der Waals surface area (Å²) in [4.78, 5) is 8.42. The lowest BCUT2D eigenvalue weighted by atomic mass is 10.2. The molecule has 1 fully saturated rings. The highest BCUT2D eigenvalue weighted by molar-refractivity contribution is 5.49. The molecule has 1 aliphatic carbocycles. The Morgan fingerprint density at radius 3 is 2.90 bits per heavy atom. The van der Waals surface area contributed by atoms with Crippen molar-refractivity contribution in [3.05, 3.63) is 47.9 Å². The maximum absolute atomic E-state index is 5.94. The number of pyridine rings is 2. The van der Waals surface area contributed by atoms with Crippen LogP contribution in [-0.4, -0.2) is 16.1 Å². The third kappa shape index (κ3) is 3.72. The largest absolute Gasteiger partial charge is 0.474 e. The first-order valence-electron chi connectivity index (χ1n) is 7.57. The number of anilines is 1. The fraction of sp³-hybridized carbons (Fsp3) is 0.412. The first kappa shape index (κ1) is 13.9. The summed E-state index contributed by atoms with van der Waals surface area (Å²) >= 11 is 0. The zero-order chi connectivity index (χ0) is 14.5. The van der Waals surface area contributed by atoms with Gasteiger partial charge in [-0.25, -0.2) is 4.98 Å². The van der Waals surface area contributed by atoms with E-state index in [-0.39, 0.29) is 0 Å². The topological polar surface area (TPSA) is 47.0 Å². The Labute approximate surface area is 125 Å². The van der Waals surface area contributed by atoms with Crippen molar-refractivity contribution in [2.24, 2.45) is 0 Å². The number of rotatable bonds is 5. The van der Waals surface area contributed by atoms with E-state index < -0.39 is 0 Å². The van der Waals surface area contributed by atoms with Gasteiger partial charge in [-0.3, -0.25) is 4.98 Å². The summed E-state index contributed by atoms with van der Waals surface area (Å²) in [5.41, 5.74) is 3.43. The number of nitrogens with one attached hydrogen (secondary N) is 1. The molecule has 0 saturated heterocycles. The Hall–Kier alpha value is -2.10. The predicted octanol–water partition coefficient (Wildman–Crippen LogP) is 3.72. The van der Waals surface area contributed by atoms with Crippen molar-refractivity contribution in [3.63, 3.8) is 0 Å². The van der Waals surface area contributed by atoms with Crippen molar-refractivity contribution < 1.29 is 4.74 Å². The number of aromatic nitrogens is 2. The maximum atomic E-state index is 5.94. The van der Waals surface area contributed by atoms with E-state index in [2.05, 4.69) is 22.2 Å². The molecular weight excluding hydrogens is 262 g/mol. The molecule has 0 aliphatic heterocycles. The lowest BCUT2D eigenvalue weighted by molar-refractivity contribution is 0.201. The van der Waals surface area contributed by atoms with Crippen molar-refractivity contribution in [1.29, 1.82) is 0 Å². The summed E-state index contributed by atoms with van der Waals surface area (Å²) in [6.07, 6.45) is 10.7. The molecule has 4 nitrogen and oxygen atoms in total. The zero-order valence-electron chi connectivity index (χ0n) is 12.4. The van der Waals surface area contributed by atoms with Crippen LogP contribution in [0, 0.1) is 6.92 Å². The van der Waals surface area contributed by atoms with Crippen molar-refractivity contribution in [3.8, 4) is 5.88 Å². The van der Waals surface area contributed by atoms with E-state index in [0.29, 0.717) is 6.10 Å². The Morgan fingerprint density at radius 2 is 2.10 bits per heavy atom. The van der Waals surface area contributed by atoms with Gasteiger partial charge in [0.05, 0.1) is 0 Å². The quantitative estimate of drug-likeness (QED) is 0.908. The molecule has 110 valence electrons. The van der Waals surface area contributed by atoms with Gasteiger partial charge in [0.1, 0.15) is 6.10 Å². The molecule has 1 aliphatic rings. The van der Waals surface area contributed by atoms with Gasteiger partial charge in [-0.2, -0.15) is 0 Å². The van der Waals surface area contributed by atoms with E-state index in [4.69, 9.17) is 4.74 Å². The van der Waals surface area contributed by atoms with Gasteiger partial charge in [-0.05, 0) is 55.9 Å². The van der Waals surface area contributed by atoms with Crippen LogP contribution in [0.3, 0.4) is 0 Å². The molecule has 0 spiro atoms. The molecule has 2 heterocycles. The molecule has 0 aromatic carbocycles. The molecule has 0 unspecified atom stereocenters. The summed E-state index contributed by atoms with van der Waals surface area (Å²) in [6.45, 7) is 2.81. The molecule has 0 bridgehead atoms. The molecule has 2 aromatic rings. The third-order valence-corrected chi connectivity index (χ3v) is 3.89. The van der Waals surface area contributed by atoms with Crippen LogP contribution in [0.15, 0.2) is 36.8 Å². The monoisotopic (exact) mass is 283 g/mol. The van der Waals surface area contributed by atoms with Crippen LogP contribution in [0.25, 0.3) is 0 Å². The molecule has 1 N–H and O–H groups in total. The molecule has 0 radical (unpaired) electrons. The van der Waals surface area contributed by atoms with E-state index >= 15 is 0 Å². The SMILES string of the molecule is Cc1cnccc1NCc1ccnc(OC2CCCC2)c1. The second-order valence-electron chi connectivity index (χ2n) is 5.57. The standard InChI is InChI=1S/C17H21N3O/c1-13-11-18-8-7-16(13)20-12-14-6-9-19-17(10-14)21-15-4-2-3-5-15/h6-11,15H,2-5,12H2,1H3,(H,18,20). The van der Waals surface area contributed by atoms with Crippen molar-refractivity contribution >= 4 is 5.69 Å². The number of nitrogens with zero attached hydrogens (tertiary/aromatic N) is 2. The van der Waals surface area contributed by atoms with E-state index in [1.165, 1.54) is 18.4 Å². The second-order valence-corrected chi connectivity index (χ2v) is 5.57. The Kier molecular flexibility index (Phi) is 4.34. The van der Waals surface area contributed by atoms with Gasteiger partial charge >= 0.3 is 0 Å². The van der Waals surface area contributed by atoms with Gasteiger partial charge in [0.25, 0.3) is 0 Å². The molecule has 21 heavy (non-hydrogen) atoms. The number of hydrogen-bond donors (Lipinski definition) is 1.